The van der Waals surface area contributed by atoms with E-state index in [1.807, 2.05) is 17.5 Å². The highest BCUT2D eigenvalue weighted by Gasteiger charge is 2.35. The van der Waals surface area contributed by atoms with Gasteiger partial charge in [-0.05, 0) is 57.3 Å². The van der Waals surface area contributed by atoms with Crippen molar-refractivity contribution in [3.63, 3.8) is 0 Å². The smallest absolute Gasteiger partial charge is 0.283 e. The zero-order valence-electron chi connectivity index (χ0n) is 12.0. The molecular weight excluding hydrogens is 412 g/mol. The molecule has 0 atom stereocenters. The average Bonchev–Trinajstić information content (AvgIpc) is 3.26. The van der Waals surface area contributed by atoms with E-state index in [-0.39, 0.29) is 11.4 Å². The number of thiophene rings is 1. The van der Waals surface area contributed by atoms with Gasteiger partial charge in [-0.15, -0.1) is 11.3 Å². The van der Waals surface area contributed by atoms with Gasteiger partial charge in [-0.3, -0.25) is 10.2 Å². The first-order valence-electron chi connectivity index (χ1n) is 6.87. The topological polar surface area (TPSA) is 82.0 Å². The Labute approximate surface area is 153 Å². The third-order valence-electron chi connectivity index (χ3n) is 3.28. The third-order valence-corrected chi connectivity index (χ3v) is 5.49. The molecule has 2 aliphatic rings. The van der Waals surface area contributed by atoms with Crippen LogP contribution >= 0.6 is 39.0 Å². The van der Waals surface area contributed by atoms with Crippen LogP contribution in [0.5, 0.6) is 0 Å². The van der Waals surface area contributed by atoms with Crippen LogP contribution in [-0.4, -0.2) is 27.0 Å². The van der Waals surface area contributed by atoms with Crippen LogP contribution in [0.1, 0.15) is 10.6 Å². The van der Waals surface area contributed by atoms with E-state index in [0.717, 1.165) is 5.04 Å². The number of nitrogens with one attached hydrogen (secondary N) is 1. The van der Waals surface area contributed by atoms with Crippen LogP contribution < -0.4 is 0 Å². The number of halogens is 1. The van der Waals surface area contributed by atoms with Gasteiger partial charge in [0.15, 0.2) is 10.5 Å². The Morgan fingerprint density at radius 3 is 2.96 bits per heavy atom. The number of amides is 1. The molecule has 0 saturated heterocycles. The molecule has 1 N–H and O–H groups in total. The lowest BCUT2D eigenvalue weighted by atomic mass is 10.1. The summed E-state index contributed by atoms with van der Waals surface area (Å²) in [4.78, 5) is 17.5. The zero-order chi connectivity index (χ0) is 16.7. The highest BCUT2D eigenvalue weighted by molar-refractivity contribution is 9.10. The number of hydrazone groups is 1. The molecular formula is C15H9BrN4O2S2. The molecule has 6 nitrogen and oxygen atoms in total. The molecule has 2 aromatic rings. The van der Waals surface area contributed by atoms with Gasteiger partial charge in [0.25, 0.3) is 5.91 Å². The van der Waals surface area contributed by atoms with E-state index in [0.29, 0.717) is 22.0 Å². The zero-order valence-corrected chi connectivity index (χ0v) is 15.2. The van der Waals surface area contributed by atoms with Crippen molar-refractivity contribution in [1.29, 1.82) is 5.41 Å². The molecule has 0 aromatic carbocycles. The monoisotopic (exact) mass is 420 g/mol. The Morgan fingerprint density at radius 1 is 1.38 bits per heavy atom. The molecule has 0 bridgehead atoms. The molecule has 0 radical (unpaired) electrons. The van der Waals surface area contributed by atoms with E-state index in [9.17, 15) is 4.79 Å². The lowest BCUT2D eigenvalue weighted by Gasteiger charge is -2.19. The number of rotatable bonds is 3. The predicted molar refractivity (Wildman–Crippen MR) is 99.4 cm³/mol. The van der Waals surface area contributed by atoms with Crippen LogP contribution in [0.4, 0.5) is 0 Å². The summed E-state index contributed by atoms with van der Waals surface area (Å²) in [6.07, 6.45) is 2.18. The van der Waals surface area contributed by atoms with Gasteiger partial charge in [0.2, 0.25) is 5.17 Å². The molecule has 0 saturated carbocycles. The van der Waals surface area contributed by atoms with Crippen LogP contribution in [0.2, 0.25) is 0 Å². The summed E-state index contributed by atoms with van der Waals surface area (Å²) < 4.78 is 5.93. The number of thioether (sulfide) groups is 1. The minimum atomic E-state index is -0.459. The molecule has 4 heterocycles. The number of nitrogens with zero attached hydrogens (tertiary/aromatic N) is 3. The van der Waals surface area contributed by atoms with Crippen LogP contribution in [0, 0.1) is 5.41 Å². The Balaban J connectivity index is 1.62. The van der Waals surface area contributed by atoms with E-state index in [1.165, 1.54) is 27.7 Å². The van der Waals surface area contributed by atoms with Crippen LogP contribution in [-0.2, 0) is 11.2 Å². The number of furan rings is 1. The largest absolute Gasteiger partial charge is 0.450 e. The number of carbonyl (C=O) groups is 1. The molecule has 0 spiro atoms. The Bertz CT molecular complexity index is 927. The summed E-state index contributed by atoms with van der Waals surface area (Å²) >= 11 is 6.18. The molecule has 2 aromatic heterocycles. The van der Waals surface area contributed by atoms with E-state index < -0.39 is 5.91 Å². The van der Waals surface area contributed by atoms with Crippen LogP contribution in [0.3, 0.4) is 0 Å². The molecule has 1 amide bonds. The number of fused-ring (bicyclic) bond motifs is 1. The van der Waals surface area contributed by atoms with Crippen molar-refractivity contribution in [3.05, 3.63) is 50.5 Å². The SMILES string of the molecule is N=C1/C(=C/c2ccc(Br)o2)C(=O)N=C2SC(Cc3cccs3)=NN12. The number of carbonyl (C=O) groups excluding carboxylic acids is 1. The summed E-state index contributed by atoms with van der Waals surface area (Å²) in [5.74, 6) is 0.0216. The summed E-state index contributed by atoms with van der Waals surface area (Å²) in [5.41, 5.74) is 0.155. The molecule has 0 fully saturated rings. The number of aliphatic imine (C=N–C) groups is 1. The van der Waals surface area contributed by atoms with Crippen LogP contribution in [0.25, 0.3) is 6.08 Å². The highest BCUT2D eigenvalue weighted by Crippen LogP contribution is 2.30. The van der Waals surface area contributed by atoms with Gasteiger partial charge < -0.3 is 4.42 Å². The maximum atomic E-state index is 12.2. The van der Waals surface area contributed by atoms with Gasteiger partial charge in [-0.2, -0.15) is 15.1 Å². The Kier molecular flexibility index (Phi) is 3.99. The van der Waals surface area contributed by atoms with Gasteiger partial charge in [0, 0.05) is 11.3 Å². The summed E-state index contributed by atoms with van der Waals surface area (Å²) in [5, 5.41) is 17.4. The van der Waals surface area contributed by atoms with Gasteiger partial charge in [0.05, 0.1) is 5.57 Å². The van der Waals surface area contributed by atoms with E-state index >= 15 is 0 Å². The second-order valence-corrected chi connectivity index (χ2v) is 7.77. The quantitative estimate of drug-likeness (QED) is 0.761. The number of hydrogen-bond acceptors (Lipinski definition) is 6. The fourth-order valence-electron chi connectivity index (χ4n) is 2.21. The first kappa shape index (κ1) is 15.6. The van der Waals surface area contributed by atoms with E-state index in [1.54, 1.807) is 23.5 Å². The predicted octanol–water partition coefficient (Wildman–Crippen LogP) is 3.97. The first-order chi connectivity index (χ1) is 11.6. The summed E-state index contributed by atoms with van der Waals surface area (Å²) in [7, 11) is 0. The lowest BCUT2D eigenvalue weighted by Crippen LogP contribution is -2.35. The lowest BCUT2D eigenvalue weighted by molar-refractivity contribution is -0.114. The average molecular weight is 421 g/mol. The first-order valence-corrected chi connectivity index (χ1v) is 9.36. The number of hydrogen-bond donors (Lipinski definition) is 1. The van der Waals surface area contributed by atoms with Crippen molar-refractivity contribution in [1.82, 2.24) is 5.01 Å². The maximum absolute atomic E-state index is 12.2. The number of amidine groups is 2. The van der Waals surface area contributed by atoms with Crippen molar-refractivity contribution >= 4 is 67.1 Å². The van der Waals surface area contributed by atoms with Gasteiger partial charge in [-0.25, -0.2) is 0 Å². The minimum absolute atomic E-state index is 0.00574. The van der Waals surface area contributed by atoms with Crippen LogP contribution in [0.15, 0.2) is 54.4 Å². The third kappa shape index (κ3) is 2.90. The van der Waals surface area contributed by atoms with Crippen molar-refractivity contribution in [3.8, 4) is 0 Å². The molecule has 24 heavy (non-hydrogen) atoms. The fraction of sp³-hybridized carbons (Fsp3) is 0.0667. The maximum Gasteiger partial charge on any atom is 0.283 e. The van der Waals surface area contributed by atoms with Crippen molar-refractivity contribution in [2.24, 2.45) is 10.1 Å². The standard InChI is InChI=1S/C15H9BrN4O2S2/c16-11-4-3-8(22-11)6-10-13(17)20-15(18-14(10)21)24-12(19-20)7-9-2-1-5-23-9/h1-6,17H,7H2/b10-6-,17-13?. The molecule has 9 heteroatoms. The molecule has 4 rings (SSSR count). The second-order valence-electron chi connectivity index (χ2n) is 4.91. The summed E-state index contributed by atoms with van der Waals surface area (Å²) in [6.45, 7) is 0. The molecule has 120 valence electrons. The molecule has 2 aliphatic heterocycles. The van der Waals surface area contributed by atoms with Crippen molar-refractivity contribution in [2.45, 2.75) is 6.42 Å². The van der Waals surface area contributed by atoms with E-state index in [2.05, 4.69) is 26.0 Å². The fourth-order valence-corrected chi connectivity index (χ4v) is 4.24. The van der Waals surface area contributed by atoms with E-state index in [4.69, 9.17) is 9.83 Å². The van der Waals surface area contributed by atoms with Crippen molar-refractivity contribution in [2.75, 3.05) is 0 Å². The summed E-state index contributed by atoms with van der Waals surface area (Å²) in [6, 6.07) is 7.45. The van der Waals surface area contributed by atoms with Crippen molar-refractivity contribution < 1.29 is 9.21 Å². The Hall–Kier alpha value is -1.97. The minimum Gasteiger partial charge on any atom is -0.450 e. The molecule has 0 unspecified atom stereocenters. The van der Waals surface area contributed by atoms with Gasteiger partial charge in [0.1, 0.15) is 10.8 Å². The van der Waals surface area contributed by atoms with Gasteiger partial charge >= 0.3 is 0 Å². The second kappa shape index (κ2) is 6.15. The normalized spacial score (nSPS) is 18.9. The highest BCUT2D eigenvalue weighted by atomic mass is 79.9. The van der Waals surface area contributed by atoms with Gasteiger partial charge in [-0.1, -0.05) is 6.07 Å². The molecule has 0 aliphatic carbocycles. The Morgan fingerprint density at radius 2 is 2.25 bits per heavy atom.